The maximum Gasteiger partial charge on any atom is 0.334 e. The van der Waals surface area contributed by atoms with E-state index >= 15 is 0 Å². The van der Waals surface area contributed by atoms with Crippen molar-refractivity contribution in [3.63, 3.8) is 0 Å². The first kappa shape index (κ1) is 14.9. The number of hydrogen-bond donors (Lipinski definition) is 0. The second kappa shape index (κ2) is 5.65. The first-order chi connectivity index (χ1) is 10.5. The molecule has 0 radical (unpaired) electrons. The zero-order valence-corrected chi connectivity index (χ0v) is 13.6. The van der Waals surface area contributed by atoms with Gasteiger partial charge in [0, 0.05) is 27.3 Å². The average Bonchev–Trinajstić information content (AvgIpc) is 2.64. The van der Waals surface area contributed by atoms with Crippen LogP contribution in [0, 0.1) is 0 Å². The molecule has 112 valence electrons. The Kier molecular flexibility index (Phi) is 3.83. The van der Waals surface area contributed by atoms with Crippen molar-refractivity contribution in [2.45, 2.75) is 30.1 Å². The molecule has 1 heterocycles. The van der Waals surface area contributed by atoms with Crippen LogP contribution in [0.2, 0.25) is 0 Å². The van der Waals surface area contributed by atoms with E-state index in [1.807, 2.05) is 43.3 Å². The molecule has 0 saturated heterocycles. The van der Waals surface area contributed by atoms with E-state index in [0.29, 0.717) is 5.57 Å². The van der Waals surface area contributed by atoms with Crippen LogP contribution >= 0.6 is 11.8 Å². The molecule has 0 spiro atoms. The molecule has 22 heavy (non-hydrogen) atoms. The van der Waals surface area contributed by atoms with Gasteiger partial charge in [-0.1, -0.05) is 49.0 Å². The van der Waals surface area contributed by atoms with Gasteiger partial charge in [0.05, 0.1) is 0 Å². The zero-order chi connectivity index (χ0) is 15.7. The first-order valence-corrected chi connectivity index (χ1v) is 8.20. The van der Waals surface area contributed by atoms with E-state index in [9.17, 15) is 4.79 Å². The molecule has 0 amide bonds. The molecule has 0 N–H and O–H groups in total. The number of esters is 1. The second-order valence-corrected chi connectivity index (χ2v) is 6.66. The molecule has 0 aliphatic carbocycles. The second-order valence-electron chi connectivity index (χ2n) is 5.65. The summed E-state index contributed by atoms with van der Waals surface area (Å²) >= 11 is 1.78. The Labute approximate surface area is 135 Å². The van der Waals surface area contributed by atoms with Crippen LogP contribution in [-0.4, -0.2) is 5.97 Å². The molecule has 1 unspecified atom stereocenters. The lowest BCUT2D eigenvalue weighted by atomic mass is 9.85. The third kappa shape index (κ3) is 2.46. The van der Waals surface area contributed by atoms with Gasteiger partial charge in [-0.05, 0) is 25.5 Å². The Morgan fingerprint density at radius 1 is 1.14 bits per heavy atom. The lowest BCUT2D eigenvalue weighted by Gasteiger charge is -2.32. The maximum atomic E-state index is 12.2. The highest BCUT2D eigenvalue weighted by atomic mass is 32.2. The van der Waals surface area contributed by atoms with E-state index in [1.54, 1.807) is 18.7 Å². The lowest BCUT2D eigenvalue weighted by Crippen LogP contribution is -2.31. The minimum absolute atomic E-state index is 0.362. The smallest absolute Gasteiger partial charge is 0.334 e. The van der Waals surface area contributed by atoms with E-state index in [0.717, 1.165) is 21.8 Å². The number of carbonyl (C=O) groups excluding carboxylic acids is 1. The van der Waals surface area contributed by atoms with E-state index < -0.39 is 5.60 Å². The lowest BCUT2D eigenvalue weighted by molar-refractivity contribution is -0.150. The van der Waals surface area contributed by atoms with Crippen LogP contribution in [0.1, 0.15) is 30.5 Å². The predicted octanol–water partition coefficient (Wildman–Crippen LogP) is 4.68. The van der Waals surface area contributed by atoms with Crippen molar-refractivity contribution in [2.75, 3.05) is 0 Å². The number of hydrogen-bond acceptors (Lipinski definition) is 3. The fraction of sp³-hybridized carbons (Fsp3) is 0.211. The first-order valence-electron chi connectivity index (χ1n) is 7.22. The third-order valence-electron chi connectivity index (χ3n) is 3.96. The van der Waals surface area contributed by atoms with Gasteiger partial charge >= 0.3 is 5.97 Å². The van der Waals surface area contributed by atoms with Crippen molar-refractivity contribution < 1.29 is 9.53 Å². The fourth-order valence-corrected chi connectivity index (χ4v) is 3.94. The molecule has 2 aromatic rings. The molecule has 0 bridgehead atoms. The van der Waals surface area contributed by atoms with Gasteiger partial charge in [-0.3, -0.25) is 0 Å². The van der Waals surface area contributed by atoms with Gasteiger partial charge in [-0.15, -0.1) is 11.8 Å². The van der Waals surface area contributed by atoms with Gasteiger partial charge in [-0.2, -0.15) is 0 Å². The van der Waals surface area contributed by atoms with Crippen molar-refractivity contribution >= 4 is 17.7 Å². The molecule has 0 aromatic heterocycles. The topological polar surface area (TPSA) is 26.3 Å². The quantitative estimate of drug-likeness (QED) is 0.595. The molecular weight excluding hydrogens is 292 g/mol. The van der Waals surface area contributed by atoms with Gasteiger partial charge in [-0.25, -0.2) is 4.79 Å². The molecule has 0 fully saturated rings. The minimum Gasteiger partial charge on any atom is -0.446 e. The summed E-state index contributed by atoms with van der Waals surface area (Å²) in [4.78, 5) is 13.4. The van der Waals surface area contributed by atoms with Crippen LogP contribution in [0.15, 0.2) is 65.6 Å². The van der Waals surface area contributed by atoms with Crippen molar-refractivity contribution in [3.05, 3.63) is 77.4 Å². The molecule has 1 atom stereocenters. The maximum absolute atomic E-state index is 12.2. The average molecular weight is 310 g/mol. The summed E-state index contributed by atoms with van der Waals surface area (Å²) in [5.74, 6) is 0.506. The number of rotatable bonds is 2. The molecule has 2 aromatic carbocycles. The van der Waals surface area contributed by atoms with E-state index in [4.69, 9.17) is 4.74 Å². The summed E-state index contributed by atoms with van der Waals surface area (Å²) in [7, 11) is 0. The minimum atomic E-state index is -0.799. The van der Waals surface area contributed by atoms with Gasteiger partial charge in [0.15, 0.2) is 5.60 Å². The van der Waals surface area contributed by atoms with Gasteiger partial charge in [0.25, 0.3) is 0 Å². The summed E-state index contributed by atoms with van der Waals surface area (Å²) < 4.78 is 5.92. The Bertz CT molecular complexity index is 701. The van der Waals surface area contributed by atoms with E-state index in [1.165, 1.54) is 5.56 Å². The van der Waals surface area contributed by atoms with Gasteiger partial charge < -0.3 is 4.74 Å². The van der Waals surface area contributed by atoms with Crippen LogP contribution in [0.3, 0.4) is 0 Å². The number of benzene rings is 2. The van der Waals surface area contributed by atoms with E-state index in [-0.39, 0.29) is 5.97 Å². The fourth-order valence-electron chi connectivity index (χ4n) is 2.78. The third-order valence-corrected chi connectivity index (χ3v) is 5.08. The van der Waals surface area contributed by atoms with Crippen molar-refractivity contribution in [1.29, 1.82) is 0 Å². The molecule has 3 rings (SSSR count). The van der Waals surface area contributed by atoms with Crippen molar-refractivity contribution in [1.82, 2.24) is 0 Å². The number of fused-ring (bicyclic) bond motifs is 2. The Morgan fingerprint density at radius 3 is 2.50 bits per heavy atom. The molecule has 3 heteroatoms. The highest BCUT2D eigenvalue weighted by Gasteiger charge is 2.38. The largest absolute Gasteiger partial charge is 0.446 e. The Morgan fingerprint density at radius 2 is 1.77 bits per heavy atom. The Hall–Kier alpha value is -2.00. The Balaban J connectivity index is 2.21. The van der Waals surface area contributed by atoms with Crippen LogP contribution in [0.25, 0.3) is 0 Å². The highest BCUT2D eigenvalue weighted by Crippen LogP contribution is 2.45. The number of thioether (sulfide) groups is 1. The van der Waals surface area contributed by atoms with Crippen molar-refractivity contribution in [3.8, 4) is 0 Å². The van der Waals surface area contributed by atoms with Crippen LogP contribution in [0.5, 0.6) is 0 Å². The highest BCUT2D eigenvalue weighted by molar-refractivity contribution is 7.98. The van der Waals surface area contributed by atoms with E-state index in [2.05, 4.69) is 18.7 Å². The monoisotopic (exact) mass is 310 g/mol. The SMILES string of the molecule is C=C(C)C(=O)OC1(C)c2ccccc2CSc2ccccc21. The van der Waals surface area contributed by atoms with Crippen LogP contribution in [-0.2, 0) is 20.9 Å². The van der Waals surface area contributed by atoms with Crippen LogP contribution in [0.4, 0.5) is 0 Å². The summed E-state index contributed by atoms with van der Waals surface area (Å²) in [6, 6.07) is 16.3. The summed E-state index contributed by atoms with van der Waals surface area (Å²) in [6.07, 6.45) is 0. The van der Waals surface area contributed by atoms with Gasteiger partial charge in [0.1, 0.15) is 0 Å². The molecule has 1 aliphatic heterocycles. The van der Waals surface area contributed by atoms with Gasteiger partial charge in [0.2, 0.25) is 0 Å². The summed E-state index contributed by atoms with van der Waals surface area (Å²) in [5.41, 5.74) is 2.88. The molecule has 0 saturated carbocycles. The molecule has 1 aliphatic rings. The number of carbonyl (C=O) groups is 1. The summed E-state index contributed by atoms with van der Waals surface area (Å²) in [5, 5.41) is 0. The molecular formula is C19H18O2S. The zero-order valence-electron chi connectivity index (χ0n) is 12.8. The van der Waals surface area contributed by atoms with Crippen molar-refractivity contribution in [2.24, 2.45) is 0 Å². The van der Waals surface area contributed by atoms with Crippen LogP contribution < -0.4 is 0 Å². The standard InChI is InChI=1S/C19H18O2S/c1-13(2)18(20)21-19(3)15-9-5-4-8-14(15)12-22-17-11-7-6-10-16(17)19/h4-11H,1,12H2,2-3H3. The predicted molar refractivity (Wildman–Crippen MR) is 89.8 cm³/mol. The normalized spacial score (nSPS) is 19.5. The molecule has 2 nitrogen and oxygen atoms in total. The summed E-state index contributed by atoms with van der Waals surface area (Å²) in [6.45, 7) is 7.35. The number of ether oxygens (including phenoxy) is 1.